The van der Waals surface area contributed by atoms with E-state index < -0.39 is 4.92 Å². The van der Waals surface area contributed by atoms with E-state index in [9.17, 15) is 10.1 Å². The lowest BCUT2D eigenvalue weighted by molar-refractivity contribution is -0.425. The fourth-order valence-electron chi connectivity index (χ4n) is 0.296. The maximum atomic E-state index is 10.0. The van der Waals surface area contributed by atoms with Gasteiger partial charge in [-0.15, -0.1) is 0 Å². The third-order valence-corrected chi connectivity index (χ3v) is 0.864. The summed E-state index contributed by atoms with van der Waals surface area (Å²) in [5.41, 5.74) is 0. The molecule has 0 aromatic carbocycles. The zero-order valence-electron chi connectivity index (χ0n) is 5.08. The fraction of sp³-hybridized carbons (Fsp3) is 0. The molecule has 54 valence electrons. The summed E-state index contributed by atoms with van der Waals surface area (Å²) in [6.07, 6.45) is 1.17. The van der Waals surface area contributed by atoms with Crippen molar-refractivity contribution in [2.75, 3.05) is 0 Å². The van der Waals surface area contributed by atoms with Gasteiger partial charge in [-0.3, -0.25) is 0 Å². The molecule has 4 nitrogen and oxygen atoms in total. The Bertz CT molecular complexity index is 210. The maximum absolute atomic E-state index is 10.0. The summed E-state index contributed by atoms with van der Waals surface area (Å²) in [6, 6.07) is 0. The first-order valence-corrected chi connectivity index (χ1v) is 3.04. The van der Waals surface area contributed by atoms with E-state index in [4.69, 9.17) is 0 Å². The molecule has 0 radical (unpaired) electrons. The molecule has 0 bridgehead atoms. The minimum Gasteiger partial charge on any atom is -0.358 e. The Hall–Kier alpha value is -0.970. The van der Waals surface area contributed by atoms with E-state index in [1.807, 2.05) is 0 Å². The normalized spacial score (nSPS) is 10.7. The summed E-state index contributed by atoms with van der Waals surface area (Å²) in [7, 11) is 0. The standard InChI is InChI=1S/C5H5BrN2O2/c1-4(6)3-5(7-2)8(9)10/h3H,1-2H2/b5-3+. The molecule has 0 aromatic rings. The Morgan fingerprint density at radius 3 is 2.40 bits per heavy atom. The van der Waals surface area contributed by atoms with Crippen molar-refractivity contribution in [3.8, 4) is 0 Å². The number of hydrogen-bond acceptors (Lipinski definition) is 3. The smallest absolute Gasteiger partial charge is 0.358 e. The number of halogens is 1. The predicted molar refractivity (Wildman–Crippen MR) is 42.7 cm³/mol. The fourth-order valence-corrected chi connectivity index (χ4v) is 0.501. The zero-order valence-corrected chi connectivity index (χ0v) is 6.67. The van der Waals surface area contributed by atoms with Crippen LogP contribution < -0.4 is 0 Å². The third kappa shape index (κ3) is 3.13. The molecule has 0 spiro atoms. The molecular weight excluding hydrogens is 200 g/mol. The molecule has 0 unspecified atom stereocenters. The molecule has 0 N–H and O–H groups in total. The van der Waals surface area contributed by atoms with E-state index in [0.717, 1.165) is 0 Å². The van der Waals surface area contributed by atoms with Crippen LogP contribution in [0.15, 0.2) is 28.0 Å². The molecule has 0 heterocycles. The molecule has 0 saturated carbocycles. The second-order valence-corrected chi connectivity index (χ2v) is 2.38. The number of nitro groups is 1. The summed E-state index contributed by atoms with van der Waals surface area (Å²) >= 11 is 2.92. The number of hydrogen-bond donors (Lipinski definition) is 0. The molecule has 10 heavy (non-hydrogen) atoms. The van der Waals surface area contributed by atoms with Gasteiger partial charge < -0.3 is 10.1 Å². The highest BCUT2D eigenvalue weighted by atomic mass is 79.9. The predicted octanol–water partition coefficient (Wildman–Crippen LogP) is 1.71. The van der Waals surface area contributed by atoms with Gasteiger partial charge in [0.05, 0.1) is 0 Å². The molecule has 0 aliphatic rings. The quantitative estimate of drug-likeness (QED) is 0.304. The molecule has 5 heteroatoms. The van der Waals surface area contributed by atoms with Crippen LogP contribution >= 0.6 is 15.9 Å². The van der Waals surface area contributed by atoms with Crippen LogP contribution in [0.5, 0.6) is 0 Å². The van der Waals surface area contributed by atoms with Gasteiger partial charge in [-0.1, -0.05) is 27.5 Å². The summed E-state index contributed by atoms with van der Waals surface area (Å²) < 4.78 is 0.395. The molecule has 0 rings (SSSR count). The van der Waals surface area contributed by atoms with E-state index in [2.05, 4.69) is 34.2 Å². The largest absolute Gasteiger partial charge is 0.363 e. The van der Waals surface area contributed by atoms with Crippen molar-refractivity contribution in [2.24, 2.45) is 4.99 Å². The van der Waals surface area contributed by atoms with Gasteiger partial charge in [0, 0.05) is 10.6 Å². The van der Waals surface area contributed by atoms with E-state index in [1.165, 1.54) is 6.08 Å². The Morgan fingerprint density at radius 2 is 2.30 bits per heavy atom. The van der Waals surface area contributed by atoms with Gasteiger partial charge in [0.15, 0.2) is 0 Å². The van der Waals surface area contributed by atoms with Crippen molar-refractivity contribution in [2.45, 2.75) is 0 Å². The van der Waals surface area contributed by atoms with Gasteiger partial charge in [-0.25, -0.2) is 0 Å². The molecular formula is C5H5BrN2O2. The SMILES string of the molecule is C=N/C(=C\C(=C)Br)[N+](=O)[O-]. The Labute approximate surface area is 66.2 Å². The van der Waals surface area contributed by atoms with Crippen LogP contribution in [0.4, 0.5) is 0 Å². The monoisotopic (exact) mass is 204 g/mol. The minimum atomic E-state index is -0.639. The van der Waals surface area contributed by atoms with Gasteiger partial charge in [0.25, 0.3) is 0 Å². The number of nitrogens with zero attached hydrogens (tertiary/aromatic N) is 2. The average molecular weight is 205 g/mol. The van der Waals surface area contributed by atoms with Crippen molar-refractivity contribution in [3.05, 3.63) is 33.1 Å². The molecule has 0 aliphatic carbocycles. The van der Waals surface area contributed by atoms with Crippen LogP contribution in [0, 0.1) is 10.1 Å². The van der Waals surface area contributed by atoms with E-state index in [1.54, 1.807) is 0 Å². The van der Waals surface area contributed by atoms with Gasteiger partial charge in [-0.05, 0) is 4.92 Å². The summed E-state index contributed by atoms with van der Waals surface area (Å²) in [5.74, 6) is -0.318. The van der Waals surface area contributed by atoms with E-state index in [0.29, 0.717) is 4.48 Å². The second-order valence-electron chi connectivity index (χ2n) is 1.36. The molecule has 0 saturated heterocycles. The van der Waals surface area contributed by atoms with Crippen molar-refractivity contribution >= 4 is 22.6 Å². The van der Waals surface area contributed by atoms with Gasteiger partial charge in [0.1, 0.15) is 6.72 Å². The van der Waals surface area contributed by atoms with Crippen LogP contribution in [0.3, 0.4) is 0 Å². The summed E-state index contributed by atoms with van der Waals surface area (Å²) in [5, 5.41) is 10.0. The van der Waals surface area contributed by atoms with Gasteiger partial charge in [-0.2, -0.15) is 0 Å². The Balaban J connectivity index is 4.49. The van der Waals surface area contributed by atoms with Crippen LogP contribution in [-0.4, -0.2) is 11.6 Å². The average Bonchev–Trinajstić information content (AvgIpc) is 1.81. The minimum absolute atomic E-state index is 0.318. The Kier molecular flexibility index (Phi) is 3.56. The topological polar surface area (TPSA) is 55.5 Å². The highest BCUT2D eigenvalue weighted by molar-refractivity contribution is 9.11. The van der Waals surface area contributed by atoms with Crippen LogP contribution in [0.2, 0.25) is 0 Å². The number of aliphatic imine (C=N–C) groups is 1. The van der Waals surface area contributed by atoms with Crippen LogP contribution in [0.1, 0.15) is 0 Å². The molecule has 0 aliphatic heterocycles. The first kappa shape index (κ1) is 9.03. The molecule has 0 amide bonds. The van der Waals surface area contributed by atoms with Gasteiger partial charge in [0.2, 0.25) is 0 Å². The van der Waals surface area contributed by atoms with Gasteiger partial charge >= 0.3 is 5.82 Å². The highest BCUT2D eigenvalue weighted by Gasteiger charge is 2.03. The van der Waals surface area contributed by atoms with Crippen molar-refractivity contribution < 1.29 is 4.92 Å². The first-order valence-electron chi connectivity index (χ1n) is 2.25. The molecule has 0 aromatic heterocycles. The second kappa shape index (κ2) is 3.94. The Morgan fingerprint density at radius 1 is 1.80 bits per heavy atom. The van der Waals surface area contributed by atoms with Crippen molar-refractivity contribution in [1.82, 2.24) is 0 Å². The van der Waals surface area contributed by atoms with Crippen LogP contribution in [0.25, 0.3) is 0 Å². The lowest BCUT2D eigenvalue weighted by atomic mass is 10.5. The zero-order chi connectivity index (χ0) is 8.15. The number of allylic oxidation sites excluding steroid dienone is 2. The highest BCUT2D eigenvalue weighted by Crippen LogP contribution is 2.07. The molecule has 0 atom stereocenters. The first-order chi connectivity index (χ1) is 4.57. The summed E-state index contributed by atoms with van der Waals surface area (Å²) in [6.45, 7) is 6.39. The molecule has 0 fully saturated rings. The lowest BCUT2D eigenvalue weighted by Gasteiger charge is -1.89. The van der Waals surface area contributed by atoms with E-state index in [-0.39, 0.29) is 5.82 Å². The third-order valence-electron chi connectivity index (χ3n) is 0.635. The summed E-state index contributed by atoms with van der Waals surface area (Å²) in [4.78, 5) is 12.5. The van der Waals surface area contributed by atoms with E-state index >= 15 is 0 Å². The number of rotatable bonds is 3. The van der Waals surface area contributed by atoms with Crippen molar-refractivity contribution in [3.63, 3.8) is 0 Å². The van der Waals surface area contributed by atoms with Crippen LogP contribution in [-0.2, 0) is 0 Å². The maximum Gasteiger partial charge on any atom is 0.363 e. The lowest BCUT2D eigenvalue weighted by Crippen LogP contribution is -1.94. The van der Waals surface area contributed by atoms with Crippen molar-refractivity contribution in [1.29, 1.82) is 0 Å².